The highest BCUT2D eigenvalue weighted by Gasteiger charge is 2.25. The van der Waals surface area contributed by atoms with Crippen molar-refractivity contribution in [3.8, 4) is 0 Å². The van der Waals surface area contributed by atoms with E-state index in [0.717, 1.165) is 13.0 Å². The van der Waals surface area contributed by atoms with Crippen LogP contribution in [0.2, 0.25) is 0 Å². The maximum Gasteiger partial charge on any atom is 0.122 e. The van der Waals surface area contributed by atoms with Gasteiger partial charge in [-0.25, -0.2) is 0 Å². The number of hydrogen-bond donors (Lipinski definition) is 2. The molecule has 0 aromatic rings. The normalized spacial score (nSPS) is 36.3. The van der Waals surface area contributed by atoms with Crippen LogP contribution >= 0.6 is 12.4 Å². The van der Waals surface area contributed by atoms with Gasteiger partial charge in [0.1, 0.15) is 6.23 Å². The van der Waals surface area contributed by atoms with Gasteiger partial charge in [0.25, 0.3) is 0 Å². The molecule has 0 aliphatic carbocycles. The highest BCUT2D eigenvalue weighted by atomic mass is 35.5. The molecule has 3 nitrogen and oxygen atoms in total. The van der Waals surface area contributed by atoms with Gasteiger partial charge < -0.3 is 10.8 Å². The molecule has 1 saturated heterocycles. The summed E-state index contributed by atoms with van der Waals surface area (Å²) < 4.78 is 0. The molecule has 0 bridgehead atoms. The number of aliphatic hydroxyl groups is 1. The smallest absolute Gasteiger partial charge is 0.122 e. The van der Waals surface area contributed by atoms with E-state index in [9.17, 15) is 0 Å². The fourth-order valence-corrected chi connectivity index (χ4v) is 0.961. The van der Waals surface area contributed by atoms with Crippen LogP contribution in [0.3, 0.4) is 0 Å². The maximum absolute atomic E-state index is 9.07. The molecule has 1 aliphatic rings. The Labute approximate surface area is 61.2 Å². The molecule has 1 unspecified atom stereocenters. The summed E-state index contributed by atoms with van der Waals surface area (Å²) in [6, 6.07) is -0.0278. The molecule has 0 spiro atoms. The fourth-order valence-electron chi connectivity index (χ4n) is 0.961. The molecule has 4 heteroatoms. The molecule has 0 radical (unpaired) electrons. The number of rotatable bonds is 0. The zero-order valence-electron chi connectivity index (χ0n) is 5.45. The molecule has 1 aliphatic heterocycles. The van der Waals surface area contributed by atoms with Crippen LogP contribution in [0, 0.1) is 0 Å². The molecule has 0 aromatic carbocycles. The van der Waals surface area contributed by atoms with Crippen molar-refractivity contribution in [2.45, 2.75) is 18.7 Å². The van der Waals surface area contributed by atoms with E-state index < -0.39 is 6.23 Å². The number of aliphatic hydroxyl groups excluding tert-OH is 1. The first-order chi connectivity index (χ1) is 3.72. The van der Waals surface area contributed by atoms with Gasteiger partial charge >= 0.3 is 0 Å². The Morgan fingerprint density at radius 2 is 2.22 bits per heavy atom. The van der Waals surface area contributed by atoms with Crippen molar-refractivity contribution in [3.63, 3.8) is 0 Å². The zero-order valence-corrected chi connectivity index (χ0v) is 6.27. The average Bonchev–Trinajstić information content (AvgIpc) is 1.98. The largest absolute Gasteiger partial charge is 0.377 e. The summed E-state index contributed by atoms with van der Waals surface area (Å²) in [4.78, 5) is 1.85. The van der Waals surface area contributed by atoms with Crippen molar-refractivity contribution in [1.29, 1.82) is 0 Å². The first-order valence-corrected chi connectivity index (χ1v) is 2.85. The van der Waals surface area contributed by atoms with E-state index in [2.05, 4.69) is 0 Å². The van der Waals surface area contributed by atoms with Crippen LogP contribution in [0.1, 0.15) is 6.42 Å². The van der Waals surface area contributed by atoms with Gasteiger partial charge in [0, 0.05) is 12.6 Å². The lowest BCUT2D eigenvalue weighted by atomic mass is 10.3. The third kappa shape index (κ3) is 1.79. The number of nitrogens with two attached hydrogens (primary N) is 1. The highest BCUT2D eigenvalue weighted by molar-refractivity contribution is 5.85. The van der Waals surface area contributed by atoms with Crippen molar-refractivity contribution in [2.75, 3.05) is 13.6 Å². The molecule has 2 atom stereocenters. The summed E-state index contributed by atoms with van der Waals surface area (Å²) in [5.74, 6) is 0. The van der Waals surface area contributed by atoms with E-state index in [4.69, 9.17) is 10.8 Å². The number of nitrogens with zero attached hydrogens (tertiary/aromatic N) is 1. The molecule has 0 saturated carbocycles. The Kier molecular flexibility index (Phi) is 3.43. The van der Waals surface area contributed by atoms with Gasteiger partial charge in [0.2, 0.25) is 0 Å². The van der Waals surface area contributed by atoms with Gasteiger partial charge in [-0.15, -0.1) is 12.4 Å². The molecule has 1 fully saturated rings. The predicted octanol–water partition coefficient (Wildman–Crippen LogP) is -0.611. The van der Waals surface area contributed by atoms with Crippen LogP contribution in [-0.2, 0) is 0 Å². The molecular formula is C5H13ClN2O. The monoisotopic (exact) mass is 152 g/mol. The molecule has 1 rings (SSSR count). The second-order valence-corrected chi connectivity index (χ2v) is 2.35. The zero-order chi connectivity index (χ0) is 6.15. The molecule has 0 amide bonds. The van der Waals surface area contributed by atoms with E-state index in [1.165, 1.54) is 0 Å². The topological polar surface area (TPSA) is 49.5 Å². The Balaban J connectivity index is 0.000000640. The van der Waals surface area contributed by atoms with Crippen LogP contribution in [0.15, 0.2) is 0 Å². The third-order valence-corrected chi connectivity index (χ3v) is 1.65. The van der Waals surface area contributed by atoms with Crippen molar-refractivity contribution in [3.05, 3.63) is 0 Å². The highest BCUT2D eigenvalue weighted by Crippen LogP contribution is 2.09. The van der Waals surface area contributed by atoms with Crippen LogP contribution in [0.25, 0.3) is 0 Å². The van der Waals surface area contributed by atoms with Crippen molar-refractivity contribution >= 4 is 12.4 Å². The van der Waals surface area contributed by atoms with E-state index >= 15 is 0 Å². The van der Waals surface area contributed by atoms with Crippen LogP contribution in [0.4, 0.5) is 0 Å². The van der Waals surface area contributed by atoms with E-state index in [-0.39, 0.29) is 18.4 Å². The lowest BCUT2D eigenvalue weighted by Gasteiger charge is -2.14. The molecular weight excluding hydrogens is 140 g/mol. The first kappa shape index (κ1) is 9.17. The predicted molar refractivity (Wildman–Crippen MR) is 38.5 cm³/mol. The molecule has 0 aromatic heterocycles. The van der Waals surface area contributed by atoms with Crippen molar-refractivity contribution < 1.29 is 5.11 Å². The average molecular weight is 153 g/mol. The third-order valence-electron chi connectivity index (χ3n) is 1.65. The van der Waals surface area contributed by atoms with Crippen molar-refractivity contribution in [1.82, 2.24) is 4.90 Å². The minimum Gasteiger partial charge on any atom is -0.377 e. The fraction of sp³-hybridized carbons (Fsp3) is 1.00. The lowest BCUT2D eigenvalue weighted by molar-refractivity contribution is 0.0460. The van der Waals surface area contributed by atoms with Gasteiger partial charge in [0.05, 0.1) is 0 Å². The summed E-state index contributed by atoms with van der Waals surface area (Å²) in [5.41, 5.74) is 5.48. The quantitative estimate of drug-likeness (QED) is 0.487. The van der Waals surface area contributed by atoms with E-state index in [1.54, 1.807) is 0 Å². The Bertz CT molecular complexity index is 81.0. The van der Waals surface area contributed by atoms with Crippen LogP contribution < -0.4 is 5.73 Å². The van der Waals surface area contributed by atoms with Gasteiger partial charge in [-0.05, 0) is 13.5 Å². The number of likely N-dealkylation sites (tertiary alicyclic amines) is 1. The SMILES string of the molecule is CN1CC[C@H](N)C1O.Cl. The molecule has 1 heterocycles. The van der Waals surface area contributed by atoms with E-state index in [0.29, 0.717) is 0 Å². The van der Waals surface area contributed by atoms with Gasteiger partial charge in [-0.3, -0.25) is 4.90 Å². The van der Waals surface area contributed by atoms with Crippen LogP contribution in [0.5, 0.6) is 0 Å². The molecule has 9 heavy (non-hydrogen) atoms. The number of likely N-dealkylation sites (N-methyl/N-ethyl adjacent to an activating group) is 1. The van der Waals surface area contributed by atoms with Crippen molar-refractivity contribution in [2.24, 2.45) is 5.73 Å². The summed E-state index contributed by atoms with van der Waals surface area (Å²) >= 11 is 0. The summed E-state index contributed by atoms with van der Waals surface area (Å²) in [5, 5.41) is 9.07. The Hall–Kier alpha value is 0.170. The van der Waals surface area contributed by atoms with E-state index in [1.807, 2.05) is 11.9 Å². The maximum atomic E-state index is 9.07. The first-order valence-electron chi connectivity index (χ1n) is 2.85. The lowest BCUT2D eigenvalue weighted by Crippen LogP contribution is -2.36. The van der Waals surface area contributed by atoms with Gasteiger partial charge in [0.15, 0.2) is 0 Å². The van der Waals surface area contributed by atoms with Gasteiger partial charge in [-0.1, -0.05) is 0 Å². The Morgan fingerprint density at radius 3 is 2.33 bits per heavy atom. The number of hydrogen-bond acceptors (Lipinski definition) is 3. The minimum atomic E-state index is -0.407. The second-order valence-electron chi connectivity index (χ2n) is 2.35. The summed E-state index contributed by atoms with van der Waals surface area (Å²) in [6.45, 7) is 0.919. The van der Waals surface area contributed by atoms with Gasteiger partial charge in [-0.2, -0.15) is 0 Å². The summed E-state index contributed by atoms with van der Waals surface area (Å²) in [7, 11) is 1.87. The second kappa shape index (κ2) is 3.37. The number of halogens is 1. The molecule has 3 N–H and O–H groups in total. The minimum absolute atomic E-state index is 0. The van der Waals surface area contributed by atoms with Crippen LogP contribution in [-0.4, -0.2) is 35.9 Å². The standard InChI is InChI=1S/C5H12N2O.ClH/c1-7-3-2-4(6)5(7)8;/h4-5,8H,2-3,6H2,1H3;1H/t4-,5?;/m0./s1. The Morgan fingerprint density at radius 1 is 1.67 bits per heavy atom. The summed E-state index contributed by atoms with van der Waals surface area (Å²) in [6.07, 6.45) is 0.507. The molecule has 56 valence electrons.